The molecule has 3 rings (SSSR count). The summed E-state index contributed by atoms with van der Waals surface area (Å²) in [6, 6.07) is 2.00. The van der Waals surface area contributed by atoms with Gasteiger partial charge in [-0.25, -0.2) is 8.42 Å². The van der Waals surface area contributed by atoms with Gasteiger partial charge in [0.25, 0.3) is 5.91 Å². The third-order valence-corrected chi connectivity index (χ3v) is 7.08. The Labute approximate surface area is 147 Å². The van der Waals surface area contributed by atoms with Gasteiger partial charge >= 0.3 is 0 Å². The largest absolute Gasteiger partial charge is 0.373 e. The molecule has 6 nitrogen and oxygen atoms in total. The van der Waals surface area contributed by atoms with Crippen LogP contribution in [0.3, 0.4) is 0 Å². The smallest absolute Gasteiger partial charge is 0.261 e. The van der Waals surface area contributed by atoms with E-state index in [4.69, 9.17) is 4.74 Å². The molecule has 0 unspecified atom stereocenters. The van der Waals surface area contributed by atoms with E-state index in [0.717, 1.165) is 23.3 Å². The molecule has 2 atom stereocenters. The Bertz CT molecular complexity index is 687. The summed E-state index contributed by atoms with van der Waals surface area (Å²) < 4.78 is 31.9. The van der Waals surface area contributed by atoms with Crippen LogP contribution < -0.4 is 5.32 Å². The van der Waals surface area contributed by atoms with Gasteiger partial charge in [-0.1, -0.05) is 0 Å². The number of rotatable bonds is 6. The maximum absolute atomic E-state index is 12.5. The number of thiophene rings is 1. The molecule has 1 saturated carbocycles. The van der Waals surface area contributed by atoms with E-state index >= 15 is 0 Å². The van der Waals surface area contributed by atoms with E-state index in [1.807, 2.05) is 25.3 Å². The number of carbonyl (C=O) groups excluding carboxylic acids is 1. The van der Waals surface area contributed by atoms with E-state index in [2.05, 4.69) is 5.32 Å². The SMILES string of the molecule is C[C@H]1CN(S(=O)(=O)CCNC(=O)c2sccc2C2CC2)C[C@H](C)O1. The van der Waals surface area contributed by atoms with Crippen LogP contribution in [0, 0.1) is 0 Å². The highest BCUT2D eigenvalue weighted by atomic mass is 32.2. The molecule has 24 heavy (non-hydrogen) atoms. The van der Waals surface area contributed by atoms with Crippen LogP contribution >= 0.6 is 11.3 Å². The molecule has 1 aromatic rings. The fourth-order valence-electron chi connectivity index (χ4n) is 3.08. The number of nitrogens with zero attached hydrogens (tertiary/aromatic N) is 1. The number of carbonyl (C=O) groups is 1. The Morgan fingerprint density at radius 3 is 2.62 bits per heavy atom. The van der Waals surface area contributed by atoms with Gasteiger partial charge in [-0.3, -0.25) is 4.79 Å². The molecule has 2 aliphatic rings. The topological polar surface area (TPSA) is 75.7 Å². The van der Waals surface area contributed by atoms with Crippen molar-refractivity contribution in [2.45, 2.75) is 44.8 Å². The third kappa shape index (κ3) is 4.17. The number of hydrogen-bond acceptors (Lipinski definition) is 5. The van der Waals surface area contributed by atoms with E-state index < -0.39 is 10.0 Å². The van der Waals surface area contributed by atoms with E-state index in [-0.39, 0.29) is 30.4 Å². The monoisotopic (exact) mass is 372 g/mol. The molecule has 1 aliphatic carbocycles. The van der Waals surface area contributed by atoms with Crippen molar-refractivity contribution in [3.8, 4) is 0 Å². The molecule has 1 amide bonds. The van der Waals surface area contributed by atoms with Crippen LogP contribution in [0.1, 0.15) is 47.8 Å². The summed E-state index contributed by atoms with van der Waals surface area (Å²) in [5.41, 5.74) is 1.11. The Hall–Kier alpha value is -0.960. The maximum atomic E-state index is 12.5. The molecule has 1 aromatic heterocycles. The van der Waals surface area contributed by atoms with Crippen LogP contribution in [-0.2, 0) is 14.8 Å². The number of hydrogen-bond donors (Lipinski definition) is 1. The van der Waals surface area contributed by atoms with Crippen LogP contribution in [0.2, 0.25) is 0 Å². The summed E-state index contributed by atoms with van der Waals surface area (Å²) in [4.78, 5) is 13.0. The van der Waals surface area contributed by atoms with Crippen LogP contribution in [0.25, 0.3) is 0 Å². The van der Waals surface area contributed by atoms with Gasteiger partial charge in [-0.2, -0.15) is 4.31 Å². The Balaban J connectivity index is 1.53. The zero-order valence-corrected chi connectivity index (χ0v) is 15.7. The number of morpholine rings is 1. The molecule has 0 bridgehead atoms. The van der Waals surface area contributed by atoms with Crippen LogP contribution in [-0.4, -0.2) is 56.2 Å². The number of sulfonamides is 1. The van der Waals surface area contributed by atoms with Gasteiger partial charge in [0.05, 0.1) is 22.8 Å². The first-order valence-corrected chi connectivity index (χ1v) is 10.8. The first-order valence-electron chi connectivity index (χ1n) is 8.35. The van der Waals surface area contributed by atoms with Crippen molar-refractivity contribution in [1.82, 2.24) is 9.62 Å². The molecule has 1 N–H and O–H groups in total. The first-order chi connectivity index (χ1) is 11.4. The molecule has 2 fully saturated rings. The van der Waals surface area contributed by atoms with Gasteiger partial charge in [-0.05, 0) is 49.6 Å². The normalized spacial score (nSPS) is 25.6. The van der Waals surface area contributed by atoms with Crippen LogP contribution in [0.4, 0.5) is 0 Å². The van der Waals surface area contributed by atoms with Crippen LogP contribution in [0.5, 0.6) is 0 Å². The Kier molecular flexibility index (Phi) is 5.29. The van der Waals surface area contributed by atoms with Gasteiger partial charge in [0.15, 0.2) is 0 Å². The van der Waals surface area contributed by atoms with Crippen molar-refractivity contribution in [3.05, 3.63) is 21.9 Å². The molecule has 2 heterocycles. The van der Waals surface area contributed by atoms with Crippen molar-refractivity contribution in [2.24, 2.45) is 0 Å². The van der Waals surface area contributed by atoms with E-state index in [9.17, 15) is 13.2 Å². The second kappa shape index (κ2) is 7.11. The summed E-state index contributed by atoms with van der Waals surface area (Å²) in [7, 11) is -3.39. The average molecular weight is 373 g/mol. The van der Waals surface area contributed by atoms with Crippen molar-refractivity contribution in [3.63, 3.8) is 0 Å². The maximum Gasteiger partial charge on any atom is 0.261 e. The second-order valence-electron chi connectivity index (χ2n) is 6.63. The highest BCUT2D eigenvalue weighted by molar-refractivity contribution is 7.89. The summed E-state index contributed by atoms with van der Waals surface area (Å²) in [5, 5.41) is 4.69. The van der Waals surface area contributed by atoms with E-state index in [1.165, 1.54) is 15.6 Å². The summed E-state index contributed by atoms with van der Waals surface area (Å²) in [6.45, 7) is 4.62. The molecule has 8 heteroatoms. The summed E-state index contributed by atoms with van der Waals surface area (Å²) >= 11 is 1.42. The molecule has 0 aromatic carbocycles. The lowest BCUT2D eigenvalue weighted by Crippen LogP contribution is -2.49. The fourth-order valence-corrected chi connectivity index (χ4v) is 5.47. The highest BCUT2D eigenvalue weighted by Gasteiger charge is 2.31. The number of amides is 1. The molecular weight excluding hydrogens is 348 g/mol. The Morgan fingerprint density at radius 1 is 1.33 bits per heavy atom. The van der Waals surface area contributed by atoms with Gasteiger partial charge < -0.3 is 10.1 Å². The standard InChI is InChI=1S/C16H24N2O4S2/c1-11-9-18(10-12(2)22-11)24(20,21)8-6-17-16(19)15-14(5-7-23-15)13-3-4-13/h5,7,11-13H,3-4,6,8-10H2,1-2H3,(H,17,19)/t11-,12-/m0/s1. The lowest BCUT2D eigenvalue weighted by molar-refractivity contribution is -0.0440. The fraction of sp³-hybridized carbons (Fsp3) is 0.688. The van der Waals surface area contributed by atoms with Crippen molar-refractivity contribution in [1.29, 1.82) is 0 Å². The minimum atomic E-state index is -3.39. The average Bonchev–Trinajstić information content (AvgIpc) is 3.23. The first kappa shape index (κ1) is 17.8. The quantitative estimate of drug-likeness (QED) is 0.826. The van der Waals surface area contributed by atoms with Gasteiger partial charge in [0.2, 0.25) is 10.0 Å². The lowest BCUT2D eigenvalue weighted by Gasteiger charge is -2.34. The predicted molar refractivity (Wildman–Crippen MR) is 94.0 cm³/mol. The van der Waals surface area contributed by atoms with Crippen molar-refractivity contribution in [2.75, 3.05) is 25.4 Å². The summed E-state index contributed by atoms with van der Waals surface area (Å²) in [5.74, 6) is 0.269. The minimum absolute atomic E-state index is 0.0810. The molecule has 0 radical (unpaired) electrons. The molecular formula is C16H24N2O4S2. The molecule has 0 spiro atoms. The van der Waals surface area contributed by atoms with Gasteiger partial charge in [0.1, 0.15) is 0 Å². The molecule has 1 aliphatic heterocycles. The lowest BCUT2D eigenvalue weighted by atomic mass is 10.1. The summed E-state index contributed by atoms with van der Waals surface area (Å²) in [6.07, 6.45) is 2.06. The number of nitrogens with one attached hydrogen (secondary N) is 1. The van der Waals surface area contributed by atoms with Crippen LogP contribution in [0.15, 0.2) is 11.4 Å². The minimum Gasteiger partial charge on any atom is -0.373 e. The second-order valence-corrected chi connectivity index (χ2v) is 9.63. The molecule has 134 valence electrons. The highest BCUT2D eigenvalue weighted by Crippen LogP contribution is 2.43. The number of ether oxygens (including phenoxy) is 1. The van der Waals surface area contributed by atoms with E-state index in [0.29, 0.717) is 19.0 Å². The van der Waals surface area contributed by atoms with Crippen molar-refractivity contribution < 1.29 is 17.9 Å². The zero-order valence-electron chi connectivity index (χ0n) is 14.0. The molecule has 1 saturated heterocycles. The third-order valence-electron chi connectivity index (χ3n) is 4.34. The van der Waals surface area contributed by atoms with Crippen molar-refractivity contribution >= 4 is 27.3 Å². The Morgan fingerprint density at radius 2 is 2.00 bits per heavy atom. The van der Waals surface area contributed by atoms with Gasteiger partial charge in [-0.15, -0.1) is 11.3 Å². The predicted octanol–water partition coefficient (Wildman–Crippen LogP) is 1.79. The zero-order chi connectivity index (χ0) is 17.3. The van der Waals surface area contributed by atoms with Gasteiger partial charge in [0, 0.05) is 19.6 Å². The van der Waals surface area contributed by atoms with E-state index in [1.54, 1.807) is 0 Å².